The summed E-state index contributed by atoms with van der Waals surface area (Å²) < 4.78 is 54.7. The number of rotatable bonds is 5. The van der Waals surface area contributed by atoms with Crippen molar-refractivity contribution in [1.29, 1.82) is 0 Å². The van der Waals surface area contributed by atoms with Gasteiger partial charge in [-0.05, 0) is 43.5 Å². The molecule has 30 heavy (non-hydrogen) atoms. The smallest absolute Gasteiger partial charge is 0.343 e. The van der Waals surface area contributed by atoms with E-state index in [0.29, 0.717) is 18.8 Å². The second-order valence-corrected chi connectivity index (χ2v) is 6.84. The summed E-state index contributed by atoms with van der Waals surface area (Å²) in [6.07, 6.45) is 2.36. The van der Waals surface area contributed by atoms with Crippen molar-refractivity contribution >= 4 is 23.3 Å². The molecule has 160 valence electrons. The SMILES string of the molecule is COC(=O)c1c(F)c(F)c(Oc2ccc(NC(C)=O)cc2)c(F)c1N1CCCCC1. The number of halogens is 3. The molecule has 0 aliphatic carbocycles. The summed E-state index contributed by atoms with van der Waals surface area (Å²) in [7, 11) is 1.01. The lowest BCUT2D eigenvalue weighted by atomic mass is 10.0. The van der Waals surface area contributed by atoms with Crippen molar-refractivity contribution in [3.8, 4) is 11.5 Å². The number of ether oxygens (including phenoxy) is 2. The molecule has 9 heteroatoms. The highest BCUT2D eigenvalue weighted by Crippen LogP contribution is 2.40. The largest absolute Gasteiger partial charge is 0.465 e. The van der Waals surface area contributed by atoms with Crippen molar-refractivity contribution in [3.05, 3.63) is 47.3 Å². The van der Waals surface area contributed by atoms with E-state index in [0.717, 1.165) is 26.4 Å². The van der Waals surface area contributed by atoms with Crippen molar-refractivity contribution in [3.63, 3.8) is 0 Å². The minimum absolute atomic E-state index is 0.0247. The van der Waals surface area contributed by atoms with Crippen molar-refractivity contribution in [2.45, 2.75) is 26.2 Å². The molecule has 1 amide bonds. The quantitative estimate of drug-likeness (QED) is 0.562. The monoisotopic (exact) mass is 422 g/mol. The fourth-order valence-corrected chi connectivity index (χ4v) is 3.35. The predicted molar refractivity (Wildman–Crippen MR) is 105 cm³/mol. The zero-order valence-electron chi connectivity index (χ0n) is 16.6. The first-order chi connectivity index (χ1) is 14.3. The van der Waals surface area contributed by atoms with Crippen LogP contribution in [0.25, 0.3) is 0 Å². The number of methoxy groups -OCH3 is 1. The van der Waals surface area contributed by atoms with E-state index in [1.165, 1.54) is 36.1 Å². The number of benzene rings is 2. The number of anilines is 2. The van der Waals surface area contributed by atoms with Crippen LogP contribution in [-0.2, 0) is 9.53 Å². The highest BCUT2D eigenvalue weighted by atomic mass is 19.2. The minimum atomic E-state index is -1.63. The zero-order chi connectivity index (χ0) is 21.8. The van der Waals surface area contributed by atoms with Crippen LogP contribution in [0.3, 0.4) is 0 Å². The van der Waals surface area contributed by atoms with Crippen LogP contribution in [0, 0.1) is 17.5 Å². The fourth-order valence-electron chi connectivity index (χ4n) is 3.35. The maximum Gasteiger partial charge on any atom is 0.343 e. The third kappa shape index (κ3) is 4.34. The standard InChI is InChI=1S/C21H21F3N2O4/c1-12(27)25-13-6-8-14(9-7-13)30-20-17(23)16(22)15(21(28)29-2)19(18(20)24)26-10-4-3-5-11-26/h6-9H,3-5,10-11H2,1-2H3,(H,25,27). The molecule has 2 aromatic rings. The van der Waals surface area contributed by atoms with Gasteiger partial charge in [0.05, 0.1) is 12.8 Å². The average molecular weight is 422 g/mol. The van der Waals surface area contributed by atoms with Crippen LogP contribution >= 0.6 is 0 Å². The molecular weight excluding hydrogens is 401 g/mol. The lowest BCUT2D eigenvalue weighted by molar-refractivity contribution is -0.114. The van der Waals surface area contributed by atoms with Crippen LogP contribution in [-0.4, -0.2) is 32.1 Å². The number of esters is 1. The Morgan fingerprint density at radius 2 is 1.60 bits per heavy atom. The topological polar surface area (TPSA) is 67.9 Å². The van der Waals surface area contributed by atoms with Crippen LogP contribution in [0.1, 0.15) is 36.5 Å². The van der Waals surface area contributed by atoms with Gasteiger partial charge in [-0.2, -0.15) is 4.39 Å². The molecule has 2 aromatic carbocycles. The second-order valence-electron chi connectivity index (χ2n) is 6.84. The Balaban J connectivity index is 2.05. The van der Waals surface area contributed by atoms with Gasteiger partial charge in [0.2, 0.25) is 17.5 Å². The van der Waals surface area contributed by atoms with E-state index >= 15 is 4.39 Å². The van der Waals surface area contributed by atoms with Gasteiger partial charge < -0.3 is 19.7 Å². The van der Waals surface area contributed by atoms with Crippen LogP contribution in [0.5, 0.6) is 11.5 Å². The minimum Gasteiger partial charge on any atom is -0.465 e. The Labute approximate surface area is 171 Å². The summed E-state index contributed by atoms with van der Waals surface area (Å²) in [4.78, 5) is 24.7. The van der Waals surface area contributed by atoms with Crippen LogP contribution in [0.4, 0.5) is 24.5 Å². The van der Waals surface area contributed by atoms with E-state index in [-0.39, 0.29) is 17.3 Å². The van der Waals surface area contributed by atoms with E-state index in [1.54, 1.807) is 0 Å². The van der Waals surface area contributed by atoms with Crippen molar-refractivity contribution in [1.82, 2.24) is 0 Å². The molecule has 1 N–H and O–H groups in total. The van der Waals surface area contributed by atoms with E-state index in [9.17, 15) is 18.4 Å². The van der Waals surface area contributed by atoms with E-state index in [1.807, 2.05) is 0 Å². The second kappa shape index (κ2) is 9.06. The van der Waals surface area contributed by atoms with Crippen molar-refractivity contribution in [2.75, 3.05) is 30.4 Å². The van der Waals surface area contributed by atoms with E-state index in [4.69, 9.17) is 4.74 Å². The maximum absolute atomic E-state index is 15.4. The van der Waals surface area contributed by atoms with Gasteiger partial charge in [0.1, 0.15) is 11.3 Å². The number of hydrogen-bond donors (Lipinski definition) is 1. The molecule has 0 spiro atoms. The van der Waals surface area contributed by atoms with Gasteiger partial charge >= 0.3 is 5.97 Å². The van der Waals surface area contributed by atoms with Gasteiger partial charge in [0.25, 0.3) is 0 Å². The molecule has 0 radical (unpaired) electrons. The Morgan fingerprint density at radius 1 is 0.967 bits per heavy atom. The number of nitrogens with one attached hydrogen (secondary N) is 1. The summed E-state index contributed by atoms with van der Waals surface area (Å²) in [6.45, 7) is 2.11. The molecule has 6 nitrogen and oxygen atoms in total. The normalized spacial score (nSPS) is 13.7. The summed E-state index contributed by atoms with van der Waals surface area (Å²) in [5, 5.41) is 2.55. The Bertz CT molecular complexity index is 958. The molecule has 0 atom stereocenters. The third-order valence-corrected chi connectivity index (χ3v) is 4.71. The summed E-state index contributed by atoms with van der Waals surface area (Å²) >= 11 is 0. The molecule has 3 rings (SSSR count). The van der Waals surface area contributed by atoms with Crippen LogP contribution < -0.4 is 15.0 Å². The molecule has 0 saturated carbocycles. The first kappa shape index (κ1) is 21.5. The summed E-state index contributed by atoms with van der Waals surface area (Å²) in [6, 6.07) is 5.68. The molecule has 0 bridgehead atoms. The van der Waals surface area contributed by atoms with Crippen LogP contribution in [0.15, 0.2) is 24.3 Å². The van der Waals surface area contributed by atoms with Gasteiger partial charge in [-0.3, -0.25) is 4.79 Å². The number of carbonyl (C=O) groups excluding carboxylic acids is 2. The Hall–Kier alpha value is -3.23. The average Bonchev–Trinajstić information content (AvgIpc) is 2.74. The number of nitrogens with zero attached hydrogens (tertiary/aromatic N) is 1. The lowest BCUT2D eigenvalue weighted by Crippen LogP contribution is -2.32. The number of piperidine rings is 1. The Morgan fingerprint density at radius 3 is 2.17 bits per heavy atom. The molecule has 0 aromatic heterocycles. The first-order valence-corrected chi connectivity index (χ1v) is 9.42. The molecule has 1 heterocycles. The van der Waals surface area contributed by atoms with E-state index < -0.39 is 34.7 Å². The van der Waals surface area contributed by atoms with Crippen molar-refractivity contribution in [2.24, 2.45) is 0 Å². The first-order valence-electron chi connectivity index (χ1n) is 9.42. The van der Waals surface area contributed by atoms with Crippen LogP contribution in [0.2, 0.25) is 0 Å². The molecule has 1 fully saturated rings. The van der Waals surface area contributed by atoms with Gasteiger partial charge in [0, 0.05) is 25.7 Å². The highest BCUT2D eigenvalue weighted by molar-refractivity contribution is 5.97. The van der Waals surface area contributed by atoms with Gasteiger partial charge in [-0.15, -0.1) is 0 Å². The highest BCUT2D eigenvalue weighted by Gasteiger charge is 2.34. The van der Waals surface area contributed by atoms with E-state index in [2.05, 4.69) is 10.1 Å². The molecule has 1 saturated heterocycles. The molecule has 1 aliphatic heterocycles. The third-order valence-electron chi connectivity index (χ3n) is 4.71. The zero-order valence-corrected chi connectivity index (χ0v) is 16.6. The molecule has 1 aliphatic rings. The predicted octanol–water partition coefficient (Wildman–Crippen LogP) is 4.63. The number of amides is 1. The number of hydrogen-bond acceptors (Lipinski definition) is 5. The maximum atomic E-state index is 15.4. The van der Waals surface area contributed by atoms with Gasteiger partial charge in [0.15, 0.2) is 11.6 Å². The number of carbonyl (C=O) groups is 2. The lowest BCUT2D eigenvalue weighted by Gasteiger charge is -2.31. The van der Waals surface area contributed by atoms with Gasteiger partial charge in [-0.25, -0.2) is 13.6 Å². The van der Waals surface area contributed by atoms with Crippen molar-refractivity contribution < 1.29 is 32.2 Å². The fraction of sp³-hybridized carbons (Fsp3) is 0.333. The summed E-state index contributed by atoms with van der Waals surface area (Å²) in [5.74, 6) is -6.72. The molecular formula is C21H21F3N2O4. The van der Waals surface area contributed by atoms with Gasteiger partial charge in [-0.1, -0.05) is 0 Å². The molecule has 0 unspecified atom stereocenters. The Kier molecular flexibility index (Phi) is 6.49. The summed E-state index contributed by atoms with van der Waals surface area (Å²) in [5.41, 5.74) is -0.704.